The van der Waals surface area contributed by atoms with Gasteiger partial charge in [0.2, 0.25) is 0 Å². The number of para-hydroxylation sites is 1. The van der Waals surface area contributed by atoms with E-state index in [1.54, 1.807) is 0 Å². The van der Waals surface area contributed by atoms with Gasteiger partial charge in [-0.25, -0.2) is 4.79 Å². The van der Waals surface area contributed by atoms with E-state index in [4.69, 9.17) is 0 Å². The van der Waals surface area contributed by atoms with E-state index >= 15 is 0 Å². The van der Waals surface area contributed by atoms with Crippen molar-refractivity contribution in [2.24, 2.45) is 0 Å². The van der Waals surface area contributed by atoms with E-state index in [-0.39, 0.29) is 11.6 Å². The molecule has 146 valence electrons. The fourth-order valence-corrected chi connectivity index (χ4v) is 3.15. The van der Waals surface area contributed by atoms with Gasteiger partial charge < -0.3 is 15.2 Å². The van der Waals surface area contributed by atoms with Gasteiger partial charge in [-0.15, -0.1) is 0 Å². The van der Waals surface area contributed by atoms with Crippen molar-refractivity contribution < 1.29 is 4.79 Å². The SMILES string of the molecule is CC(C)(C)NC(=O)N(CC=Cc1ccccc1)CCc1c[nH]c2ccccc12. The molecule has 0 unspecified atom stereocenters. The molecule has 0 aliphatic rings. The summed E-state index contributed by atoms with van der Waals surface area (Å²) in [5.74, 6) is 0. The van der Waals surface area contributed by atoms with Crippen molar-refractivity contribution in [3.63, 3.8) is 0 Å². The monoisotopic (exact) mass is 375 g/mol. The third-order valence-electron chi connectivity index (χ3n) is 4.53. The second kappa shape index (κ2) is 8.79. The van der Waals surface area contributed by atoms with Gasteiger partial charge in [-0.05, 0) is 44.4 Å². The maximum atomic E-state index is 12.8. The fraction of sp³-hybridized carbons (Fsp3) is 0.292. The van der Waals surface area contributed by atoms with Gasteiger partial charge in [-0.1, -0.05) is 60.7 Å². The third kappa shape index (κ3) is 5.49. The number of urea groups is 1. The molecule has 0 saturated heterocycles. The second-order valence-corrected chi connectivity index (χ2v) is 8.05. The molecule has 1 aromatic heterocycles. The lowest BCUT2D eigenvalue weighted by Crippen LogP contribution is -2.49. The molecule has 2 amide bonds. The van der Waals surface area contributed by atoms with Crippen LogP contribution in [0.3, 0.4) is 0 Å². The Labute approximate surface area is 167 Å². The van der Waals surface area contributed by atoms with E-state index in [1.165, 1.54) is 10.9 Å². The number of H-pyrrole nitrogens is 1. The minimum atomic E-state index is -0.265. The van der Waals surface area contributed by atoms with Crippen LogP contribution >= 0.6 is 0 Å². The lowest BCUT2D eigenvalue weighted by atomic mass is 10.1. The first kappa shape index (κ1) is 19.7. The highest BCUT2D eigenvalue weighted by molar-refractivity contribution is 5.83. The van der Waals surface area contributed by atoms with Crippen LogP contribution in [0.15, 0.2) is 66.9 Å². The summed E-state index contributed by atoms with van der Waals surface area (Å²) in [7, 11) is 0. The van der Waals surface area contributed by atoms with Crippen LogP contribution in [0.5, 0.6) is 0 Å². The maximum absolute atomic E-state index is 12.8. The molecule has 0 aliphatic carbocycles. The van der Waals surface area contributed by atoms with Gasteiger partial charge in [-0.3, -0.25) is 0 Å². The normalized spacial score (nSPS) is 11.8. The van der Waals surface area contributed by atoms with Crippen molar-refractivity contribution in [1.82, 2.24) is 15.2 Å². The zero-order valence-electron chi connectivity index (χ0n) is 16.9. The predicted octanol–water partition coefficient (Wildman–Crippen LogP) is 5.23. The molecule has 28 heavy (non-hydrogen) atoms. The van der Waals surface area contributed by atoms with E-state index in [0.29, 0.717) is 13.1 Å². The topological polar surface area (TPSA) is 48.1 Å². The highest BCUT2D eigenvalue weighted by Gasteiger charge is 2.19. The zero-order valence-corrected chi connectivity index (χ0v) is 16.9. The molecule has 4 heteroatoms. The van der Waals surface area contributed by atoms with Gasteiger partial charge in [0, 0.05) is 35.7 Å². The van der Waals surface area contributed by atoms with Crippen LogP contribution in [0.4, 0.5) is 4.79 Å². The van der Waals surface area contributed by atoms with Crippen molar-refractivity contribution in [3.05, 3.63) is 78.0 Å². The highest BCUT2D eigenvalue weighted by Crippen LogP contribution is 2.18. The van der Waals surface area contributed by atoms with Crippen molar-refractivity contribution in [1.29, 1.82) is 0 Å². The van der Waals surface area contributed by atoms with Crippen LogP contribution in [0.2, 0.25) is 0 Å². The summed E-state index contributed by atoms with van der Waals surface area (Å²) in [6.45, 7) is 7.23. The summed E-state index contributed by atoms with van der Waals surface area (Å²) in [6, 6.07) is 18.4. The Morgan fingerprint density at radius 2 is 1.79 bits per heavy atom. The number of hydrogen-bond acceptors (Lipinski definition) is 1. The summed E-state index contributed by atoms with van der Waals surface area (Å²) < 4.78 is 0. The molecule has 0 radical (unpaired) electrons. The van der Waals surface area contributed by atoms with Gasteiger partial charge >= 0.3 is 6.03 Å². The molecular formula is C24H29N3O. The lowest BCUT2D eigenvalue weighted by molar-refractivity contribution is 0.194. The number of hydrogen-bond donors (Lipinski definition) is 2. The molecule has 3 aromatic rings. The smallest absolute Gasteiger partial charge is 0.318 e. The Balaban J connectivity index is 1.70. The molecule has 0 aliphatic heterocycles. The minimum absolute atomic E-state index is 0.0370. The summed E-state index contributed by atoms with van der Waals surface area (Å²) in [6.07, 6.45) is 6.96. The van der Waals surface area contributed by atoms with Gasteiger partial charge in [0.1, 0.15) is 0 Å². The van der Waals surface area contributed by atoms with Crippen LogP contribution in [0.25, 0.3) is 17.0 Å². The Morgan fingerprint density at radius 3 is 2.54 bits per heavy atom. The summed E-state index contributed by atoms with van der Waals surface area (Å²) in [5, 5.41) is 4.30. The molecule has 4 nitrogen and oxygen atoms in total. The molecule has 2 aromatic carbocycles. The quantitative estimate of drug-likeness (QED) is 0.608. The van der Waals surface area contributed by atoms with Gasteiger partial charge in [0.15, 0.2) is 0 Å². The molecule has 2 N–H and O–H groups in total. The van der Waals surface area contributed by atoms with Crippen molar-refractivity contribution in [2.45, 2.75) is 32.7 Å². The standard InChI is InChI=1S/C24H29N3O/c1-24(2,3)26-23(28)27(16-9-12-19-10-5-4-6-11-19)17-15-20-18-25-22-14-8-7-13-21(20)22/h4-14,18,25H,15-17H2,1-3H3,(H,26,28). The van der Waals surface area contributed by atoms with Crippen molar-refractivity contribution in [2.75, 3.05) is 13.1 Å². The van der Waals surface area contributed by atoms with Gasteiger partial charge in [0.05, 0.1) is 0 Å². The number of nitrogens with one attached hydrogen (secondary N) is 2. The van der Waals surface area contributed by atoms with Crippen molar-refractivity contribution >= 4 is 23.0 Å². The fourth-order valence-electron chi connectivity index (χ4n) is 3.15. The maximum Gasteiger partial charge on any atom is 0.318 e. The molecule has 0 bridgehead atoms. The largest absolute Gasteiger partial charge is 0.361 e. The predicted molar refractivity (Wildman–Crippen MR) is 117 cm³/mol. The second-order valence-electron chi connectivity index (χ2n) is 8.05. The first-order chi connectivity index (χ1) is 13.4. The minimum Gasteiger partial charge on any atom is -0.361 e. The molecule has 0 spiro atoms. The third-order valence-corrected chi connectivity index (χ3v) is 4.53. The summed E-state index contributed by atoms with van der Waals surface area (Å²) in [4.78, 5) is 18.0. The van der Waals surface area contributed by atoms with Crippen LogP contribution < -0.4 is 5.32 Å². The average molecular weight is 376 g/mol. The molecule has 1 heterocycles. The molecule has 0 atom stereocenters. The van der Waals surface area contributed by atoms with E-state index in [2.05, 4.69) is 40.6 Å². The van der Waals surface area contributed by atoms with E-state index in [0.717, 1.165) is 17.5 Å². The van der Waals surface area contributed by atoms with Crippen molar-refractivity contribution in [3.8, 4) is 0 Å². The van der Waals surface area contributed by atoms with Crippen LogP contribution in [0, 0.1) is 0 Å². The highest BCUT2D eigenvalue weighted by atomic mass is 16.2. The molecule has 0 fully saturated rings. The summed E-state index contributed by atoms with van der Waals surface area (Å²) in [5.41, 5.74) is 3.23. The van der Waals surface area contributed by atoms with Crippen LogP contribution in [0.1, 0.15) is 31.9 Å². The van der Waals surface area contributed by atoms with Crippen LogP contribution in [-0.2, 0) is 6.42 Å². The van der Waals surface area contributed by atoms with E-state index in [9.17, 15) is 4.79 Å². The number of rotatable bonds is 6. The summed E-state index contributed by atoms with van der Waals surface area (Å²) >= 11 is 0. The number of aromatic amines is 1. The molecular weight excluding hydrogens is 346 g/mol. The molecule has 0 saturated carbocycles. The number of fused-ring (bicyclic) bond motifs is 1. The average Bonchev–Trinajstić information content (AvgIpc) is 3.07. The number of nitrogens with zero attached hydrogens (tertiary/aromatic N) is 1. The van der Waals surface area contributed by atoms with E-state index < -0.39 is 0 Å². The van der Waals surface area contributed by atoms with Crippen LogP contribution in [-0.4, -0.2) is 34.5 Å². The van der Waals surface area contributed by atoms with E-state index in [1.807, 2.05) is 68.3 Å². The number of amides is 2. The first-order valence-electron chi connectivity index (χ1n) is 9.76. The molecule has 3 rings (SSSR count). The number of carbonyl (C=O) groups excluding carboxylic acids is 1. The number of benzene rings is 2. The number of carbonyl (C=O) groups is 1. The lowest BCUT2D eigenvalue weighted by Gasteiger charge is -2.27. The Morgan fingerprint density at radius 1 is 1.07 bits per heavy atom. The zero-order chi connectivity index (χ0) is 20.0. The first-order valence-corrected chi connectivity index (χ1v) is 9.76. The van der Waals surface area contributed by atoms with Gasteiger partial charge in [-0.2, -0.15) is 0 Å². The number of aromatic nitrogens is 1. The Bertz CT molecular complexity index is 935. The Kier molecular flexibility index (Phi) is 6.19. The van der Waals surface area contributed by atoms with Gasteiger partial charge in [0.25, 0.3) is 0 Å². The Hall–Kier alpha value is -3.01.